The van der Waals surface area contributed by atoms with E-state index >= 15 is 0 Å². The Balaban J connectivity index is 1.98. The van der Waals surface area contributed by atoms with Crippen LogP contribution in [-0.2, 0) is 11.3 Å². The summed E-state index contributed by atoms with van der Waals surface area (Å²) >= 11 is 0. The molecule has 0 spiro atoms. The van der Waals surface area contributed by atoms with Gasteiger partial charge in [0.1, 0.15) is 12.3 Å². The topological polar surface area (TPSA) is 76.5 Å². The molecule has 0 aliphatic rings. The second-order valence-electron chi connectivity index (χ2n) is 3.80. The van der Waals surface area contributed by atoms with E-state index in [0.717, 1.165) is 11.8 Å². The maximum absolute atomic E-state index is 11.7. The molecule has 5 nitrogen and oxygen atoms in total. The molecule has 0 amide bonds. The SMILES string of the molecule is O=C(O)c1ccc(C(=O)OCc2ccccc2)nc1. The molecule has 5 heteroatoms. The summed E-state index contributed by atoms with van der Waals surface area (Å²) in [6.45, 7) is 0.155. The first-order valence-corrected chi connectivity index (χ1v) is 5.57. The monoisotopic (exact) mass is 257 g/mol. The van der Waals surface area contributed by atoms with Crippen molar-refractivity contribution >= 4 is 11.9 Å². The van der Waals surface area contributed by atoms with Gasteiger partial charge in [0.25, 0.3) is 0 Å². The summed E-state index contributed by atoms with van der Waals surface area (Å²) in [6.07, 6.45) is 1.13. The molecular formula is C14H11NO4. The molecule has 0 fully saturated rings. The van der Waals surface area contributed by atoms with Gasteiger partial charge < -0.3 is 9.84 Å². The molecule has 2 rings (SSSR count). The quantitative estimate of drug-likeness (QED) is 0.849. The molecule has 2 aromatic rings. The number of benzene rings is 1. The molecule has 0 saturated carbocycles. The molecule has 0 unspecified atom stereocenters. The number of esters is 1. The lowest BCUT2D eigenvalue weighted by molar-refractivity contribution is 0.0464. The number of aromatic nitrogens is 1. The largest absolute Gasteiger partial charge is 0.478 e. The van der Waals surface area contributed by atoms with Crippen LogP contribution in [0.3, 0.4) is 0 Å². The third-order valence-corrected chi connectivity index (χ3v) is 2.43. The zero-order valence-electron chi connectivity index (χ0n) is 9.95. The highest BCUT2D eigenvalue weighted by molar-refractivity contribution is 5.90. The molecule has 96 valence electrons. The van der Waals surface area contributed by atoms with Crippen molar-refractivity contribution in [3.8, 4) is 0 Å². The van der Waals surface area contributed by atoms with Gasteiger partial charge in [-0.1, -0.05) is 30.3 Å². The fourth-order valence-electron chi connectivity index (χ4n) is 1.44. The van der Waals surface area contributed by atoms with Crippen molar-refractivity contribution in [2.24, 2.45) is 0 Å². The number of carboxylic acids is 1. The smallest absolute Gasteiger partial charge is 0.357 e. The number of carboxylic acid groups (broad SMARTS) is 1. The van der Waals surface area contributed by atoms with E-state index in [9.17, 15) is 9.59 Å². The van der Waals surface area contributed by atoms with Crippen LogP contribution in [0.1, 0.15) is 26.4 Å². The summed E-state index contributed by atoms with van der Waals surface area (Å²) in [5, 5.41) is 8.71. The fourth-order valence-corrected chi connectivity index (χ4v) is 1.44. The van der Waals surface area contributed by atoms with E-state index in [2.05, 4.69) is 4.98 Å². The highest BCUT2D eigenvalue weighted by atomic mass is 16.5. The molecule has 0 aliphatic heterocycles. The van der Waals surface area contributed by atoms with Gasteiger partial charge in [0.15, 0.2) is 0 Å². The van der Waals surface area contributed by atoms with Crippen molar-refractivity contribution in [2.75, 3.05) is 0 Å². The molecule has 0 atom stereocenters. The van der Waals surface area contributed by atoms with E-state index in [-0.39, 0.29) is 17.9 Å². The van der Waals surface area contributed by atoms with Crippen LogP contribution in [0, 0.1) is 0 Å². The van der Waals surface area contributed by atoms with E-state index in [4.69, 9.17) is 9.84 Å². The number of pyridine rings is 1. The third-order valence-electron chi connectivity index (χ3n) is 2.43. The van der Waals surface area contributed by atoms with Crippen LogP contribution < -0.4 is 0 Å². The standard InChI is InChI=1S/C14H11NO4/c16-13(17)11-6-7-12(15-8-11)14(18)19-9-10-4-2-1-3-5-10/h1-8H,9H2,(H,16,17). The second kappa shape index (κ2) is 5.77. The predicted octanol–water partition coefficient (Wildman–Crippen LogP) is 2.14. The van der Waals surface area contributed by atoms with Gasteiger partial charge in [0, 0.05) is 6.20 Å². The Morgan fingerprint density at radius 1 is 1.11 bits per heavy atom. The number of rotatable bonds is 4. The van der Waals surface area contributed by atoms with Gasteiger partial charge in [0.2, 0.25) is 0 Å². The van der Waals surface area contributed by atoms with Crippen LogP contribution >= 0.6 is 0 Å². The van der Waals surface area contributed by atoms with E-state index < -0.39 is 11.9 Å². The van der Waals surface area contributed by atoms with Gasteiger partial charge in [-0.2, -0.15) is 0 Å². The summed E-state index contributed by atoms with van der Waals surface area (Å²) in [5.41, 5.74) is 0.985. The van der Waals surface area contributed by atoms with Crippen LogP contribution in [0.5, 0.6) is 0 Å². The van der Waals surface area contributed by atoms with Gasteiger partial charge in [-0.3, -0.25) is 0 Å². The maximum Gasteiger partial charge on any atom is 0.357 e. The highest BCUT2D eigenvalue weighted by Crippen LogP contribution is 2.05. The predicted molar refractivity (Wildman–Crippen MR) is 66.8 cm³/mol. The molecule has 0 saturated heterocycles. The van der Waals surface area contributed by atoms with Gasteiger partial charge in [-0.15, -0.1) is 0 Å². The van der Waals surface area contributed by atoms with Gasteiger partial charge in [-0.05, 0) is 17.7 Å². The van der Waals surface area contributed by atoms with E-state index in [0.29, 0.717) is 0 Å². The third kappa shape index (κ3) is 3.38. The molecule has 1 aromatic carbocycles. The van der Waals surface area contributed by atoms with Crippen molar-refractivity contribution in [3.05, 3.63) is 65.5 Å². The lowest BCUT2D eigenvalue weighted by atomic mass is 10.2. The number of nitrogens with zero attached hydrogens (tertiary/aromatic N) is 1. The van der Waals surface area contributed by atoms with Crippen LogP contribution in [0.4, 0.5) is 0 Å². The molecule has 1 heterocycles. The van der Waals surface area contributed by atoms with Crippen molar-refractivity contribution in [1.82, 2.24) is 4.98 Å². The average molecular weight is 257 g/mol. The summed E-state index contributed by atoms with van der Waals surface area (Å²) < 4.78 is 5.07. The lowest BCUT2D eigenvalue weighted by Gasteiger charge is -2.04. The summed E-state index contributed by atoms with van der Waals surface area (Å²) in [5.74, 6) is -1.67. The van der Waals surface area contributed by atoms with Crippen LogP contribution in [-0.4, -0.2) is 22.0 Å². The number of hydrogen-bond donors (Lipinski definition) is 1. The van der Waals surface area contributed by atoms with Crippen LogP contribution in [0.2, 0.25) is 0 Å². The van der Waals surface area contributed by atoms with Gasteiger partial charge >= 0.3 is 11.9 Å². The normalized spacial score (nSPS) is 9.89. The lowest BCUT2D eigenvalue weighted by Crippen LogP contribution is -2.08. The summed E-state index contributed by atoms with van der Waals surface area (Å²) in [6, 6.07) is 11.9. The summed E-state index contributed by atoms with van der Waals surface area (Å²) in [4.78, 5) is 26.1. The Morgan fingerprint density at radius 3 is 2.42 bits per heavy atom. The highest BCUT2D eigenvalue weighted by Gasteiger charge is 2.10. The molecule has 19 heavy (non-hydrogen) atoms. The van der Waals surface area contributed by atoms with E-state index in [1.807, 2.05) is 30.3 Å². The average Bonchev–Trinajstić information content (AvgIpc) is 2.46. The maximum atomic E-state index is 11.7. The van der Waals surface area contributed by atoms with Crippen LogP contribution in [0.25, 0.3) is 0 Å². The first kappa shape index (κ1) is 12.8. The Morgan fingerprint density at radius 2 is 1.84 bits per heavy atom. The van der Waals surface area contributed by atoms with Crippen molar-refractivity contribution < 1.29 is 19.4 Å². The molecular weight excluding hydrogens is 246 g/mol. The van der Waals surface area contributed by atoms with Gasteiger partial charge in [0.05, 0.1) is 5.56 Å². The second-order valence-corrected chi connectivity index (χ2v) is 3.80. The van der Waals surface area contributed by atoms with Gasteiger partial charge in [-0.25, -0.2) is 14.6 Å². The van der Waals surface area contributed by atoms with E-state index in [1.165, 1.54) is 12.1 Å². The molecule has 1 N–H and O–H groups in total. The number of ether oxygens (including phenoxy) is 1. The molecule has 0 aliphatic carbocycles. The minimum atomic E-state index is -1.09. The Hall–Kier alpha value is -2.69. The minimum absolute atomic E-state index is 0.0274. The number of hydrogen-bond acceptors (Lipinski definition) is 4. The molecule has 0 radical (unpaired) electrons. The number of carbonyl (C=O) groups is 2. The molecule has 1 aromatic heterocycles. The van der Waals surface area contributed by atoms with Crippen molar-refractivity contribution in [2.45, 2.75) is 6.61 Å². The molecule has 0 bridgehead atoms. The fraction of sp³-hybridized carbons (Fsp3) is 0.0714. The van der Waals surface area contributed by atoms with Crippen molar-refractivity contribution in [3.63, 3.8) is 0 Å². The number of aromatic carboxylic acids is 1. The summed E-state index contributed by atoms with van der Waals surface area (Å²) in [7, 11) is 0. The Bertz CT molecular complexity index is 578. The first-order chi connectivity index (χ1) is 9.16. The van der Waals surface area contributed by atoms with E-state index in [1.54, 1.807) is 0 Å². The first-order valence-electron chi connectivity index (χ1n) is 5.57. The number of carbonyl (C=O) groups excluding carboxylic acids is 1. The zero-order valence-corrected chi connectivity index (χ0v) is 9.95. The Kier molecular flexibility index (Phi) is 3.87. The zero-order chi connectivity index (χ0) is 13.7. The van der Waals surface area contributed by atoms with Crippen molar-refractivity contribution in [1.29, 1.82) is 0 Å². The van der Waals surface area contributed by atoms with Crippen LogP contribution in [0.15, 0.2) is 48.7 Å². The Labute approximate surface area is 109 Å². The minimum Gasteiger partial charge on any atom is -0.478 e.